The smallest absolute Gasteiger partial charge is 0.281 e. The molecule has 3 aromatic heterocycles. The third-order valence-electron chi connectivity index (χ3n) is 6.81. The zero-order chi connectivity index (χ0) is 29.1. The SMILES string of the molecule is CCOCCNc1ncc(-c2ccc(C(=O)NS(=O)(=O)c3cccc(N)n3)c(N3C[C@@H](C)CC3(C)C)n2)cc1C. The van der Waals surface area contributed by atoms with E-state index in [1.54, 1.807) is 18.3 Å². The molecule has 1 atom stereocenters. The zero-order valence-electron chi connectivity index (χ0n) is 23.6. The Morgan fingerprint density at radius 3 is 2.65 bits per heavy atom. The van der Waals surface area contributed by atoms with Crippen molar-refractivity contribution in [2.75, 3.05) is 42.3 Å². The number of anilines is 3. The first-order chi connectivity index (χ1) is 18.9. The molecule has 12 heteroatoms. The third kappa shape index (κ3) is 6.50. The minimum atomic E-state index is -4.26. The summed E-state index contributed by atoms with van der Waals surface area (Å²) in [4.78, 5) is 28.8. The Bertz CT molecular complexity index is 1490. The molecule has 4 heterocycles. The van der Waals surface area contributed by atoms with Gasteiger partial charge in [-0.2, -0.15) is 8.42 Å². The van der Waals surface area contributed by atoms with Gasteiger partial charge >= 0.3 is 0 Å². The molecule has 4 rings (SSSR count). The number of sulfonamides is 1. The number of hydrogen-bond acceptors (Lipinski definition) is 10. The van der Waals surface area contributed by atoms with Gasteiger partial charge in [0.1, 0.15) is 17.5 Å². The maximum atomic E-state index is 13.4. The van der Waals surface area contributed by atoms with E-state index in [2.05, 4.69) is 45.7 Å². The van der Waals surface area contributed by atoms with E-state index >= 15 is 0 Å². The molecule has 1 aliphatic heterocycles. The molecule has 1 aliphatic rings. The second-order valence-electron chi connectivity index (χ2n) is 10.6. The van der Waals surface area contributed by atoms with Crippen LogP contribution < -0.4 is 20.7 Å². The second kappa shape index (κ2) is 11.8. The van der Waals surface area contributed by atoms with Gasteiger partial charge in [0.15, 0.2) is 5.03 Å². The van der Waals surface area contributed by atoms with Crippen LogP contribution in [0.25, 0.3) is 11.3 Å². The topological polar surface area (TPSA) is 152 Å². The van der Waals surface area contributed by atoms with Gasteiger partial charge in [0.25, 0.3) is 15.9 Å². The lowest BCUT2D eigenvalue weighted by molar-refractivity contribution is 0.0981. The number of nitrogen functional groups attached to an aromatic ring is 1. The number of carbonyl (C=O) groups excluding carboxylic acids is 1. The summed E-state index contributed by atoms with van der Waals surface area (Å²) in [5.74, 6) is 0.778. The summed E-state index contributed by atoms with van der Waals surface area (Å²) in [6.45, 7) is 12.8. The van der Waals surface area contributed by atoms with Gasteiger partial charge in [-0.1, -0.05) is 13.0 Å². The van der Waals surface area contributed by atoms with Gasteiger partial charge in [-0.3, -0.25) is 4.79 Å². The molecular weight excluding hydrogens is 530 g/mol. The second-order valence-corrected chi connectivity index (χ2v) is 12.3. The molecule has 1 amide bonds. The maximum Gasteiger partial charge on any atom is 0.281 e. The summed E-state index contributed by atoms with van der Waals surface area (Å²) < 4.78 is 33.4. The van der Waals surface area contributed by atoms with Crippen LogP contribution in [-0.4, -0.2) is 61.1 Å². The van der Waals surface area contributed by atoms with Crippen molar-refractivity contribution in [3.8, 4) is 11.3 Å². The Balaban J connectivity index is 1.69. The molecule has 0 radical (unpaired) electrons. The molecule has 0 saturated carbocycles. The number of rotatable bonds is 10. The van der Waals surface area contributed by atoms with E-state index in [1.165, 1.54) is 18.2 Å². The van der Waals surface area contributed by atoms with Crippen LogP contribution in [0.2, 0.25) is 0 Å². The number of hydrogen-bond donors (Lipinski definition) is 3. The Morgan fingerprint density at radius 1 is 1.23 bits per heavy atom. The summed E-state index contributed by atoms with van der Waals surface area (Å²) >= 11 is 0. The molecule has 214 valence electrons. The van der Waals surface area contributed by atoms with Crippen molar-refractivity contribution < 1.29 is 17.9 Å². The van der Waals surface area contributed by atoms with Crippen LogP contribution in [-0.2, 0) is 14.8 Å². The highest BCUT2D eigenvalue weighted by Crippen LogP contribution is 2.38. The van der Waals surface area contributed by atoms with Crippen molar-refractivity contribution >= 4 is 33.4 Å². The van der Waals surface area contributed by atoms with Crippen molar-refractivity contribution in [2.45, 2.75) is 51.6 Å². The standard InChI is InChI=1S/C28H37N7O4S/c1-6-39-13-12-30-25-19(3)14-20(16-31-25)22-11-10-21(26(32-22)35-17-18(2)15-28(35,4)5)27(36)34-40(37,38)24-9-7-8-23(29)33-24/h7-11,14,16,18H,6,12-13,15,17H2,1-5H3,(H2,29,33)(H,30,31)(H,34,36)/t18-/m0/s1. The van der Waals surface area contributed by atoms with Crippen LogP contribution in [0.15, 0.2) is 47.6 Å². The van der Waals surface area contributed by atoms with Gasteiger partial charge in [-0.25, -0.2) is 19.7 Å². The monoisotopic (exact) mass is 567 g/mol. The van der Waals surface area contributed by atoms with E-state index in [4.69, 9.17) is 15.5 Å². The molecule has 1 fully saturated rings. The van der Waals surface area contributed by atoms with Gasteiger partial charge in [-0.15, -0.1) is 0 Å². The predicted molar refractivity (Wildman–Crippen MR) is 156 cm³/mol. The van der Waals surface area contributed by atoms with Crippen molar-refractivity contribution in [3.63, 3.8) is 0 Å². The molecule has 0 unspecified atom stereocenters. The number of amides is 1. The quantitative estimate of drug-likeness (QED) is 0.310. The van der Waals surface area contributed by atoms with Crippen LogP contribution in [0.3, 0.4) is 0 Å². The minimum Gasteiger partial charge on any atom is -0.384 e. The van der Waals surface area contributed by atoms with Crippen LogP contribution in [0.5, 0.6) is 0 Å². The molecule has 4 N–H and O–H groups in total. The number of nitrogens with one attached hydrogen (secondary N) is 2. The first-order valence-electron chi connectivity index (χ1n) is 13.3. The Kier molecular flexibility index (Phi) is 8.59. The molecule has 40 heavy (non-hydrogen) atoms. The van der Waals surface area contributed by atoms with Crippen LogP contribution in [0.1, 0.15) is 50.0 Å². The number of aryl methyl sites for hydroxylation is 1. The van der Waals surface area contributed by atoms with Gasteiger partial charge in [0.2, 0.25) is 0 Å². The van der Waals surface area contributed by atoms with E-state index in [0.29, 0.717) is 43.7 Å². The lowest BCUT2D eigenvalue weighted by atomic mass is 9.97. The highest BCUT2D eigenvalue weighted by molar-refractivity contribution is 7.90. The maximum absolute atomic E-state index is 13.4. The molecule has 0 aromatic carbocycles. The van der Waals surface area contributed by atoms with Gasteiger partial charge in [0, 0.05) is 37.0 Å². The summed E-state index contributed by atoms with van der Waals surface area (Å²) in [5, 5.41) is 2.94. The molecule has 1 saturated heterocycles. The fourth-order valence-corrected chi connectivity index (χ4v) is 5.99. The molecule has 0 bridgehead atoms. The Morgan fingerprint density at radius 2 is 2.00 bits per heavy atom. The molecule has 11 nitrogen and oxygen atoms in total. The van der Waals surface area contributed by atoms with Crippen molar-refractivity contribution in [1.82, 2.24) is 19.7 Å². The third-order valence-corrected chi connectivity index (χ3v) is 8.04. The number of ether oxygens (including phenoxy) is 1. The lowest BCUT2D eigenvalue weighted by Crippen LogP contribution is -2.41. The van der Waals surface area contributed by atoms with E-state index in [-0.39, 0.29) is 21.9 Å². The van der Waals surface area contributed by atoms with Crippen molar-refractivity contribution in [3.05, 3.63) is 53.7 Å². The first kappa shape index (κ1) is 29.2. The number of nitrogens with zero attached hydrogens (tertiary/aromatic N) is 4. The fraction of sp³-hybridized carbons (Fsp3) is 0.429. The van der Waals surface area contributed by atoms with Crippen LogP contribution >= 0.6 is 0 Å². The van der Waals surface area contributed by atoms with Gasteiger partial charge < -0.3 is 20.7 Å². The largest absolute Gasteiger partial charge is 0.384 e. The highest BCUT2D eigenvalue weighted by atomic mass is 32.2. The summed E-state index contributed by atoms with van der Waals surface area (Å²) in [6, 6.07) is 9.51. The summed E-state index contributed by atoms with van der Waals surface area (Å²) in [6.07, 6.45) is 2.63. The zero-order valence-corrected chi connectivity index (χ0v) is 24.4. The highest BCUT2D eigenvalue weighted by Gasteiger charge is 2.39. The number of pyridine rings is 3. The average molecular weight is 568 g/mol. The van der Waals surface area contributed by atoms with Gasteiger partial charge in [0.05, 0.1) is 17.9 Å². The van der Waals surface area contributed by atoms with E-state index in [0.717, 1.165) is 23.4 Å². The molecular formula is C28H37N7O4S. The normalized spacial score (nSPS) is 16.6. The predicted octanol–water partition coefficient (Wildman–Crippen LogP) is 3.62. The number of aromatic nitrogens is 3. The molecule has 0 spiro atoms. The van der Waals surface area contributed by atoms with Crippen LogP contribution in [0.4, 0.5) is 17.5 Å². The van der Waals surface area contributed by atoms with Crippen LogP contribution in [0, 0.1) is 12.8 Å². The Labute approximate surface area is 235 Å². The fourth-order valence-electron chi connectivity index (χ4n) is 5.05. The average Bonchev–Trinajstić information content (AvgIpc) is 3.18. The lowest BCUT2D eigenvalue weighted by Gasteiger charge is -2.34. The Hall–Kier alpha value is -3.77. The van der Waals surface area contributed by atoms with Crippen molar-refractivity contribution in [2.24, 2.45) is 5.92 Å². The van der Waals surface area contributed by atoms with E-state index in [9.17, 15) is 13.2 Å². The van der Waals surface area contributed by atoms with Gasteiger partial charge in [-0.05, 0) is 75.9 Å². The van der Waals surface area contributed by atoms with Crippen molar-refractivity contribution in [1.29, 1.82) is 0 Å². The first-order valence-corrected chi connectivity index (χ1v) is 14.8. The molecule has 0 aliphatic carbocycles. The minimum absolute atomic E-state index is 0.0363. The summed E-state index contributed by atoms with van der Waals surface area (Å²) in [5.41, 5.74) is 7.85. The number of nitrogens with two attached hydrogens (primary N) is 1. The number of carbonyl (C=O) groups is 1. The van der Waals surface area contributed by atoms with E-state index in [1.807, 2.05) is 19.9 Å². The molecule has 3 aromatic rings. The summed E-state index contributed by atoms with van der Waals surface area (Å²) in [7, 11) is -4.26. The van der Waals surface area contributed by atoms with E-state index < -0.39 is 15.9 Å².